The highest BCUT2D eigenvalue weighted by Gasteiger charge is 2.32. The van der Waals surface area contributed by atoms with Crippen molar-refractivity contribution in [2.24, 2.45) is 35.5 Å². The van der Waals surface area contributed by atoms with Gasteiger partial charge in [0.1, 0.15) is 6.79 Å². The van der Waals surface area contributed by atoms with Crippen LogP contribution in [0.2, 0.25) is 0 Å². The zero-order valence-corrected chi connectivity index (χ0v) is 30.6. The Morgan fingerprint density at radius 1 is 0.745 bits per heavy atom. The molecule has 3 saturated carbocycles. The monoisotopic (exact) mass is 647 g/mol. The molecule has 1 atom stereocenters. The summed E-state index contributed by atoms with van der Waals surface area (Å²) < 4.78 is 0. The Kier molecular flexibility index (Phi) is 18.4. The lowest BCUT2D eigenvalue weighted by molar-refractivity contribution is -0.0980. The molecule has 2 aromatic rings. The topological polar surface area (TPSA) is 57.5 Å². The minimum Gasteiger partial charge on any atom is -0.400 e. The molecule has 2 N–H and O–H groups in total. The number of hydrogen-bond acceptors (Lipinski definition) is 3. The first kappa shape index (κ1) is 39.5. The zero-order valence-electron chi connectivity index (χ0n) is 30.6. The minimum atomic E-state index is 0.335. The fourth-order valence-corrected chi connectivity index (χ4v) is 9.59. The zero-order chi connectivity index (χ0) is 34.0. The third-order valence-corrected chi connectivity index (χ3v) is 12.3. The van der Waals surface area contributed by atoms with E-state index in [1.165, 1.54) is 144 Å². The van der Waals surface area contributed by atoms with Crippen molar-refractivity contribution in [2.45, 2.75) is 148 Å². The lowest BCUT2D eigenvalue weighted by atomic mass is 9.67. The van der Waals surface area contributed by atoms with Crippen LogP contribution in [0.4, 0.5) is 0 Å². The van der Waals surface area contributed by atoms with Gasteiger partial charge in [-0.15, -0.1) is 6.58 Å². The highest BCUT2D eigenvalue weighted by atomic mass is 16.3. The molecule has 3 fully saturated rings. The Hall–Kier alpha value is -1.97. The second-order valence-corrected chi connectivity index (χ2v) is 15.7. The third kappa shape index (κ3) is 12.8. The molecule has 5 rings (SSSR count). The summed E-state index contributed by atoms with van der Waals surface area (Å²) >= 11 is 0. The number of benzene rings is 2. The van der Waals surface area contributed by atoms with Gasteiger partial charge in [-0.1, -0.05) is 113 Å². The molecule has 3 aliphatic carbocycles. The Bertz CT molecular complexity index is 1130. The van der Waals surface area contributed by atoms with Gasteiger partial charge < -0.3 is 15.0 Å². The van der Waals surface area contributed by atoms with Gasteiger partial charge in [0, 0.05) is 13.7 Å². The van der Waals surface area contributed by atoms with Crippen molar-refractivity contribution in [2.75, 3.05) is 13.7 Å². The van der Waals surface area contributed by atoms with Gasteiger partial charge in [-0.2, -0.15) is 0 Å². The van der Waals surface area contributed by atoms with Crippen LogP contribution >= 0.6 is 0 Å². The number of rotatable bonds is 14. The van der Waals surface area contributed by atoms with Crippen molar-refractivity contribution in [3.8, 4) is 0 Å². The van der Waals surface area contributed by atoms with Gasteiger partial charge in [0.15, 0.2) is 0 Å². The van der Waals surface area contributed by atoms with E-state index in [0.717, 1.165) is 49.0 Å². The van der Waals surface area contributed by atoms with Gasteiger partial charge in [0.2, 0.25) is 0 Å². The SMILES string of the molecule is C=C(C)CC(CO)CC1CCC(CCC2CCC(C3CCC(c4ccc5cc(CCCCC)ccc5c4)CC3)CC2)CC1.C=O.CO. The molecule has 47 heavy (non-hydrogen) atoms. The maximum absolute atomic E-state index is 9.77. The highest BCUT2D eigenvalue weighted by Crippen LogP contribution is 2.45. The molecule has 3 heteroatoms. The van der Waals surface area contributed by atoms with Crippen molar-refractivity contribution < 1.29 is 15.0 Å². The van der Waals surface area contributed by atoms with Gasteiger partial charge in [0.25, 0.3) is 0 Å². The number of carbonyl (C=O) groups excluding carboxylic acids is 1. The largest absolute Gasteiger partial charge is 0.400 e. The second kappa shape index (κ2) is 21.9. The number of allylic oxidation sites excluding steroid dienone is 1. The Morgan fingerprint density at radius 3 is 1.85 bits per heavy atom. The summed E-state index contributed by atoms with van der Waals surface area (Å²) in [4.78, 5) is 8.00. The molecule has 3 aliphatic rings. The quantitative estimate of drug-likeness (QED) is 0.159. The Morgan fingerprint density at radius 2 is 1.28 bits per heavy atom. The average molecular weight is 647 g/mol. The lowest BCUT2D eigenvalue weighted by Gasteiger charge is -2.38. The second-order valence-electron chi connectivity index (χ2n) is 15.7. The maximum atomic E-state index is 9.77. The third-order valence-electron chi connectivity index (χ3n) is 12.3. The molecular formula is C44H70O3. The first-order valence-corrected chi connectivity index (χ1v) is 19.5. The van der Waals surface area contributed by atoms with Crippen LogP contribution < -0.4 is 0 Å². The van der Waals surface area contributed by atoms with Crippen molar-refractivity contribution in [1.82, 2.24) is 0 Å². The van der Waals surface area contributed by atoms with Gasteiger partial charge >= 0.3 is 0 Å². The minimum absolute atomic E-state index is 0.335. The predicted octanol–water partition coefficient (Wildman–Crippen LogP) is 11.6. The molecule has 0 heterocycles. The fraction of sp³-hybridized carbons (Fsp3) is 0.705. The van der Waals surface area contributed by atoms with E-state index in [9.17, 15) is 5.11 Å². The van der Waals surface area contributed by atoms with E-state index in [1.807, 2.05) is 6.79 Å². The number of aryl methyl sites for hydroxylation is 1. The van der Waals surface area contributed by atoms with Crippen molar-refractivity contribution in [1.29, 1.82) is 0 Å². The molecule has 3 nitrogen and oxygen atoms in total. The van der Waals surface area contributed by atoms with Crippen molar-refractivity contribution in [3.05, 3.63) is 59.7 Å². The number of aliphatic hydroxyl groups excluding tert-OH is 2. The van der Waals surface area contributed by atoms with Crippen LogP contribution in [0.1, 0.15) is 153 Å². The summed E-state index contributed by atoms with van der Waals surface area (Å²) in [5.41, 5.74) is 4.33. The van der Waals surface area contributed by atoms with Crippen LogP contribution in [0.15, 0.2) is 48.6 Å². The summed E-state index contributed by atoms with van der Waals surface area (Å²) in [5, 5.41) is 19.6. The molecule has 0 aromatic heterocycles. The normalized spacial score (nSPS) is 26.7. The van der Waals surface area contributed by atoms with Crippen molar-refractivity contribution >= 4 is 17.6 Å². The van der Waals surface area contributed by atoms with E-state index >= 15 is 0 Å². The van der Waals surface area contributed by atoms with E-state index in [-0.39, 0.29) is 0 Å². The van der Waals surface area contributed by atoms with E-state index in [4.69, 9.17) is 9.90 Å². The molecule has 1 unspecified atom stereocenters. The van der Waals surface area contributed by atoms with Gasteiger partial charge in [-0.3, -0.25) is 0 Å². The molecule has 0 bridgehead atoms. The number of hydrogen-bond donors (Lipinski definition) is 2. The van der Waals surface area contributed by atoms with E-state index in [0.29, 0.717) is 12.5 Å². The molecule has 0 radical (unpaired) electrons. The highest BCUT2D eigenvalue weighted by molar-refractivity contribution is 5.84. The van der Waals surface area contributed by atoms with Crippen LogP contribution in [0.3, 0.4) is 0 Å². The number of aliphatic hydroxyl groups is 2. The summed E-state index contributed by atoms with van der Waals surface area (Å²) in [6, 6.07) is 14.6. The summed E-state index contributed by atoms with van der Waals surface area (Å²) in [6.45, 7) is 10.8. The fourth-order valence-electron chi connectivity index (χ4n) is 9.59. The molecule has 0 amide bonds. The summed E-state index contributed by atoms with van der Waals surface area (Å²) in [5.74, 6) is 6.03. The number of fused-ring (bicyclic) bond motifs is 1. The molecule has 2 aromatic carbocycles. The van der Waals surface area contributed by atoms with Crippen molar-refractivity contribution in [3.63, 3.8) is 0 Å². The standard InChI is InChI=1S/C42H64O.CH4O.CH2O/c1-4-5-6-7-34-16-19-42-29-41(25-24-40(42)28-34)39-22-20-38(21-23-39)37-17-14-33(15-18-37)9-8-32-10-12-35(13-11-32)27-36(30-43)26-31(2)3;2*1-2/h16,19,24-25,28-29,32-33,35-39,43H,2,4-15,17-18,20-23,26-27,30H2,1,3H3;2H,1H3;1H2. The van der Waals surface area contributed by atoms with E-state index in [2.05, 4.69) is 56.8 Å². The number of unbranched alkanes of at least 4 members (excludes halogenated alkanes) is 2. The van der Waals surface area contributed by atoms with Gasteiger partial charge in [-0.05, 0) is 134 Å². The van der Waals surface area contributed by atoms with Gasteiger partial charge in [0.05, 0.1) is 0 Å². The predicted molar refractivity (Wildman–Crippen MR) is 202 cm³/mol. The van der Waals surface area contributed by atoms with E-state index < -0.39 is 0 Å². The van der Waals surface area contributed by atoms with Crippen LogP contribution in [-0.4, -0.2) is 30.7 Å². The summed E-state index contributed by atoms with van der Waals surface area (Å²) in [6.07, 6.45) is 27.8. The molecular weight excluding hydrogens is 576 g/mol. The van der Waals surface area contributed by atoms with Crippen LogP contribution in [0.5, 0.6) is 0 Å². The molecule has 0 aliphatic heterocycles. The first-order chi connectivity index (χ1) is 23.0. The molecule has 0 saturated heterocycles. The Balaban J connectivity index is 0.00000144. The van der Waals surface area contributed by atoms with Crippen LogP contribution in [0.25, 0.3) is 10.8 Å². The first-order valence-electron chi connectivity index (χ1n) is 19.5. The smallest absolute Gasteiger partial charge is 0.106 e. The Labute approximate surface area is 289 Å². The van der Waals surface area contributed by atoms with Crippen LogP contribution in [-0.2, 0) is 11.2 Å². The maximum Gasteiger partial charge on any atom is 0.106 e. The molecule has 0 spiro atoms. The average Bonchev–Trinajstić information content (AvgIpc) is 3.12. The number of carbonyl (C=O) groups is 1. The summed E-state index contributed by atoms with van der Waals surface area (Å²) in [7, 11) is 1.00. The van der Waals surface area contributed by atoms with Gasteiger partial charge in [-0.25, -0.2) is 0 Å². The molecule has 264 valence electrons. The van der Waals surface area contributed by atoms with E-state index in [1.54, 1.807) is 5.56 Å². The van der Waals surface area contributed by atoms with Crippen LogP contribution in [0, 0.1) is 35.5 Å². The lowest BCUT2D eigenvalue weighted by Crippen LogP contribution is -2.26.